The molecule has 2 heterocycles. The summed E-state index contributed by atoms with van der Waals surface area (Å²) < 4.78 is 10.7. The lowest BCUT2D eigenvalue weighted by Crippen LogP contribution is -2.44. The summed E-state index contributed by atoms with van der Waals surface area (Å²) in [5.74, 6) is 1.12. The monoisotopic (exact) mass is 352 g/mol. The number of ether oxygens (including phenoxy) is 2. The van der Waals surface area contributed by atoms with Crippen LogP contribution in [0.2, 0.25) is 0 Å². The van der Waals surface area contributed by atoms with Crippen LogP contribution in [0, 0.1) is 0 Å². The number of aryl methyl sites for hydroxylation is 1. The summed E-state index contributed by atoms with van der Waals surface area (Å²) in [6, 6.07) is 15.0. The minimum Gasteiger partial charge on any atom is -0.454 e. The molecule has 6 heteroatoms. The number of hydrogen-bond acceptors (Lipinski definition) is 4. The Morgan fingerprint density at radius 3 is 2.62 bits per heavy atom. The molecular weight excluding hydrogens is 332 g/mol. The topological polar surface area (TPSA) is 67.9 Å². The lowest BCUT2D eigenvalue weighted by atomic mass is 9.93. The number of fused-ring (bicyclic) bond motifs is 1. The summed E-state index contributed by atoms with van der Waals surface area (Å²) in [4.78, 5) is 26.5. The number of imide groups is 1. The van der Waals surface area contributed by atoms with Crippen molar-refractivity contribution in [2.45, 2.75) is 31.8 Å². The van der Waals surface area contributed by atoms with E-state index in [1.54, 1.807) is 13.0 Å². The Hall–Kier alpha value is -3.02. The van der Waals surface area contributed by atoms with Gasteiger partial charge in [-0.15, -0.1) is 0 Å². The van der Waals surface area contributed by atoms with Gasteiger partial charge in [0.1, 0.15) is 5.54 Å². The van der Waals surface area contributed by atoms with Crippen LogP contribution in [0.15, 0.2) is 48.5 Å². The molecule has 2 aliphatic heterocycles. The molecule has 0 unspecified atom stereocenters. The van der Waals surface area contributed by atoms with Crippen LogP contribution in [0.25, 0.3) is 0 Å². The fourth-order valence-corrected chi connectivity index (χ4v) is 3.32. The maximum absolute atomic E-state index is 12.9. The summed E-state index contributed by atoms with van der Waals surface area (Å²) in [7, 11) is 0. The number of nitrogens with one attached hydrogen (secondary N) is 1. The number of urea groups is 1. The number of rotatable bonds is 5. The van der Waals surface area contributed by atoms with Gasteiger partial charge in [0.05, 0.1) is 6.54 Å². The standard InChI is InChI=1S/C20H20N2O4/c1-20(10-9-14-5-3-2-4-6-14)18(23)22(19(24)21-20)12-15-7-8-16-17(11-15)26-13-25-16/h2-8,11H,9-10,12-13H2,1H3,(H,21,24)/t20-/m0/s1. The number of hydrogen-bond donors (Lipinski definition) is 1. The lowest BCUT2D eigenvalue weighted by Gasteiger charge is -2.21. The van der Waals surface area contributed by atoms with Crippen LogP contribution in [0.5, 0.6) is 11.5 Å². The first kappa shape index (κ1) is 16.4. The van der Waals surface area contributed by atoms with E-state index in [-0.39, 0.29) is 25.3 Å². The molecule has 0 spiro atoms. The first-order chi connectivity index (χ1) is 12.5. The minimum absolute atomic E-state index is 0.194. The predicted octanol–water partition coefficient (Wildman–Crippen LogP) is 2.86. The second-order valence-corrected chi connectivity index (χ2v) is 6.83. The number of benzene rings is 2. The van der Waals surface area contributed by atoms with Crippen molar-refractivity contribution in [2.24, 2.45) is 0 Å². The molecule has 2 aliphatic rings. The molecular formula is C20H20N2O4. The average molecular weight is 352 g/mol. The predicted molar refractivity (Wildman–Crippen MR) is 94.8 cm³/mol. The van der Waals surface area contributed by atoms with Crippen LogP contribution in [-0.2, 0) is 17.8 Å². The Bertz CT molecular complexity index is 852. The first-order valence-corrected chi connectivity index (χ1v) is 8.62. The van der Waals surface area contributed by atoms with Crippen LogP contribution in [0.4, 0.5) is 4.79 Å². The molecule has 0 saturated carbocycles. The van der Waals surface area contributed by atoms with Gasteiger partial charge in [-0.2, -0.15) is 0 Å². The zero-order chi connectivity index (χ0) is 18.1. The van der Waals surface area contributed by atoms with Gasteiger partial charge < -0.3 is 14.8 Å². The third-order valence-corrected chi connectivity index (χ3v) is 4.88. The molecule has 2 aromatic rings. The second kappa shape index (κ2) is 6.37. The van der Waals surface area contributed by atoms with E-state index in [9.17, 15) is 9.59 Å². The summed E-state index contributed by atoms with van der Waals surface area (Å²) >= 11 is 0. The van der Waals surface area contributed by atoms with Gasteiger partial charge in [-0.3, -0.25) is 9.69 Å². The maximum Gasteiger partial charge on any atom is 0.325 e. The van der Waals surface area contributed by atoms with E-state index in [0.717, 1.165) is 17.5 Å². The van der Waals surface area contributed by atoms with Crippen molar-refractivity contribution in [1.29, 1.82) is 0 Å². The highest BCUT2D eigenvalue weighted by molar-refractivity contribution is 6.06. The third-order valence-electron chi connectivity index (χ3n) is 4.88. The normalized spacial score (nSPS) is 21.2. The van der Waals surface area contributed by atoms with Gasteiger partial charge in [-0.1, -0.05) is 36.4 Å². The fourth-order valence-electron chi connectivity index (χ4n) is 3.32. The van der Waals surface area contributed by atoms with Gasteiger partial charge in [0, 0.05) is 0 Å². The first-order valence-electron chi connectivity index (χ1n) is 8.62. The Morgan fingerprint density at radius 1 is 1.04 bits per heavy atom. The Labute approximate surface area is 151 Å². The van der Waals surface area contributed by atoms with E-state index < -0.39 is 5.54 Å². The molecule has 3 amide bonds. The Morgan fingerprint density at radius 2 is 1.81 bits per heavy atom. The molecule has 1 saturated heterocycles. The van der Waals surface area contributed by atoms with E-state index in [2.05, 4.69) is 5.32 Å². The molecule has 4 rings (SSSR count). The van der Waals surface area contributed by atoms with Gasteiger partial charge in [0.2, 0.25) is 6.79 Å². The molecule has 0 radical (unpaired) electrons. The number of amides is 3. The Balaban J connectivity index is 1.46. The van der Waals surface area contributed by atoms with E-state index >= 15 is 0 Å². The quantitative estimate of drug-likeness (QED) is 0.840. The molecule has 0 aromatic heterocycles. The zero-order valence-corrected chi connectivity index (χ0v) is 14.5. The van der Waals surface area contributed by atoms with Crippen LogP contribution >= 0.6 is 0 Å². The van der Waals surface area contributed by atoms with Crippen molar-refractivity contribution in [3.05, 3.63) is 59.7 Å². The number of nitrogens with zero attached hydrogens (tertiary/aromatic N) is 1. The van der Waals surface area contributed by atoms with Crippen LogP contribution in [0.3, 0.4) is 0 Å². The van der Waals surface area contributed by atoms with Gasteiger partial charge >= 0.3 is 6.03 Å². The number of carbonyl (C=O) groups excluding carboxylic acids is 2. The van der Waals surface area contributed by atoms with Crippen LogP contribution in [0.1, 0.15) is 24.5 Å². The highest BCUT2D eigenvalue weighted by atomic mass is 16.7. The average Bonchev–Trinajstić information content (AvgIpc) is 3.19. The third kappa shape index (κ3) is 2.98. The number of carbonyl (C=O) groups is 2. The van der Waals surface area contributed by atoms with Gasteiger partial charge in [0.25, 0.3) is 5.91 Å². The van der Waals surface area contributed by atoms with Gasteiger partial charge in [-0.25, -0.2) is 4.79 Å². The lowest BCUT2D eigenvalue weighted by molar-refractivity contribution is -0.131. The van der Waals surface area contributed by atoms with Gasteiger partial charge in [0.15, 0.2) is 11.5 Å². The highest BCUT2D eigenvalue weighted by Crippen LogP contribution is 2.33. The SMILES string of the molecule is C[C@@]1(CCc2ccccc2)NC(=O)N(Cc2ccc3c(c2)OCO3)C1=O. The van der Waals surface area contributed by atoms with Crippen molar-refractivity contribution in [1.82, 2.24) is 10.2 Å². The van der Waals surface area contributed by atoms with E-state index in [1.807, 2.05) is 42.5 Å². The molecule has 0 bridgehead atoms. The van der Waals surface area contributed by atoms with Crippen molar-refractivity contribution in [3.8, 4) is 11.5 Å². The molecule has 1 atom stereocenters. The smallest absolute Gasteiger partial charge is 0.325 e. The van der Waals surface area contributed by atoms with E-state index in [4.69, 9.17) is 9.47 Å². The molecule has 26 heavy (non-hydrogen) atoms. The Kier molecular flexibility index (Phi) is 4.03. The summed E-state index contributed by atoms with van der Waals surface area (Å²) in [6.45, 7) is 2.19. The molecule has 1 N–H and O–H groups in total. The van der Waals surface area contributed by atoms with Gasteiger partial charge in [-0.05, 0) is 43.0 Å². The van der Waals surface area contributed by atoms with E-state index in [1.165, 1.54) is 4.90 Å². The van der Waals surface area contributed by atoms with Crippen LogP contribution < -0.4 is 14.8 Å². The fraction of sp³-hybridized carbons (Fsp3) is 0.300. The van der Waals surface area contributed by atoms with Crippen molar-refractivity contribution >= 4 is 11.9 Å². The molecule has 1 fully saturated rings. The van der Waals surface area contributed by atoms with E-state index in [0.29, 0.717) is 17.9 Å². The van der Waals surface area contributed by atoms with Crippen molar-refractivity contribution in [2.75, 3.05) is 6.79 Å². The zero-order valence-electron chi connectivity index (χ0n) is 14.5. The maximum atomic E-state index is 12.9. The summed E-state index contributed by atoms with van der Waals surface area (Å²) in [5, 5.41) is 2.85. The summed E-state index contributed by atoms with van der Waals surface area (Å²) in [5.41, 5.74) is 1.08. The minimum atomic E-state index is -0.886. The summed E-state index contributed by atoms with van der Waals surface area (Å²) in [6.07, 6.45) is 1.28. The molecule has 0 aliphatic carbocycles. The van der Waals surface area contributed by atoms with Crippen molar-refractivity contribution in [3.63, 3.8) is 0 Å². The largest absolute Gasteiger partial charge is 0.454 e. The molecule has 2 aromatic carbocycles. The van der Waals surface area contributed by atoms with Crippen LogP contribution in [-0.4, -0.2) is 29.2 Å². The molecule has 134 valence electrons. The van der Waals surface area contributed by atoms with Crippen molar-refractivity contribution < 1.29 is 19.1 Å². The highest BCUT2D eigenvalue weighted by Gasteiger charge is 2.47. The molecule has 6 nitrogen and oxygen atoms in total. The second-order valence-electron chi connectivity index (χ2n) is 6.83.